The molecule has 0 aliphatic rings. The maximum atomic E-state index is 10.6. The van der Waals surface area contributed by atoms with Crippen LogP contribution in [0, 0.1) is 6.92 Å². The van der Waals surface area contributed by atoms with Crippen LogP contribution in [0.1, 0.15) is 35.8 Å². The number of carbonyl (C=O) groups is 1. The molecule has 1 aromatic heterocycles. The van der Waals surface area contributed by atoms with E-state index in [0.29, 0.717) is 6.42 Å². The van der Waals surface area contributed by atoms with Crippen molar-refractivity contribution in [1.82, 2.24) is 4.98 Å². The van der Waals surface area contributed by atoms with E-state index >= 15 is 0 Å². The quantitative estimate of drug-likeness (QED) is 0.826. The fourth-order valence-corrected chi connectivity index (χ4v) is 2.59. The molecule has 0 aromatic carbocycles. The number of aliphatic carboxylic acids is 1. The number of aliphatic hydroxyl groups excluding tert-OH is 1. The first-order valence-electron chi connectivity index (χ1n) is 5.16. The number of rotatable bonds is 5. The zero-order valence-corrected chi connectivity index (χ0v) is 10.6. The lowest BCUT2D eigenvalue weighted by atomic mass is 9.91. The Balaban J connectivity index is 2.95. The number of aryl methyl sites for hydroxylation is 1. The molecular formula is C11H17NO3S. The molecular weight excluding hydrogens is 226 g/mol. The van der Waals surface area contributed by atoms with Gasteiger partial charge in [0, 0.05) is 16.9 Å². The molecule has 0 unspecified atom stereocenters. The molecule has 1 heterocycles. The van der Waals surface area contributed by atoms with Gasteiger partial charge in [0.2, 0.25) is 0 Å². The fraction of sp³-hybridized carbons (Fsp3) is 0.636. The minimum atomic E-state index is -0.835. The molecule has 0 radical (unpaired) electrons. The summed E-state index contributed by atoms with van der Waals surface area (Å²) < 4.78 is 0. The van der Waals surface area contributed by atoms with E-state index in [2.05, 4.69) is 4.98 Å². The number of nitrogens with zero attached hydrogens (tertiary/aromatic N) is 1. The Kier molecular flexibility index (Phi) is 4.04. The van der Waals surface area contributed by atoms with Gasteiger partial charge in [-0.25, -0.2) is 4.98 Å². The molecule has 0 spiro atoms. The average Bonchev–Trinajstić information content (AvgIpc) is 2.47. The summed E-state index contributed by atoms with van der Waals surface area (Å²) in [5.74, 6) is -0.835. The lowest BCUT2D eigenvalue weighted by Crippen LogP contribution is -2.18. The van der Waals surface area contributed by atoms with E-state index in [0.717, 1.165) is 15.6 Å². The number of hydrogen-bond acceptors (Lipinski definition) is 4. The topological polar surface area (TPSA) is 70.4 Å². The van der Waals surface area contributed by atoms with Gasteiger partial charge < -0.3 is 10.2 Å². The monoisotopic (exact) mass is 243 g/mol. The summed E-state index contributed by atoms with van der Waals surface area (Å²) >= 11 is 1.43. The van der Waals surface area contributed by atoms with Crippen LogP contribution in [0.15, 0.2) is 0 Å². The molecule has 1 aromatic rings. The summed E-state index contributed by atoms with van der Waals surface area (Å²) in [7, 11) is 0. The van der Waals surface area contributed by atoms with Crippen LogP contribution in [-0.4, -0.2) is 27.8 Å². The third-order valence-corrected chi connectivity index (χ3v) is 4.04. The minimum Gasteiger partial charge on any atom is -0.481 e. The van der Waals surface area contributed by atoms with Crippen LogP contribution in [0.4, 0.5) is 0 Å². The summed E-state index contributed by atoms with van der Waals surface area (Å²) in [5, 5.41) is 18.6. The van der Waals surface area contributed by atoms with Crippen molar-refractivity contribution >= 4 is 17.3 Å². The third-order valence-electron chi connectivity index (χ3n) is 2.52. The Morgan fingerprint density at radius 2 is 2.12 bits per heavy atom. The van der Waals surface area contributed by atoms with Crippen molar-refractivity contribution in [3.05, 3.63) is 15.6 Å². The molecule has 5 heteroatoms. The van der Waals surface area contributed by atoms with Crippen molar-refractivity contribution in [2.75, 3.05) is 6.61 Å². The smallest absolute Gasteiger partial charge is 0.308 e. The highest BCUT2D eigenvalue weighted by Gasteiger charge is 2.25. The molecule has 4 nitrogen and oxygen atoms in total. The molecule has 0 atom stereocenters. The second kappa shape index (κ2) is 4.93. The number of hydrogen-bond donors (Lipinski definition) is 2. The molecule has 0 saturated heterocycles. The van der Waals surface area contributed by atoms with Gasteiger partial charge in [-0.05, 0) is 13.3 Å². The van der Waals surface area contributed by atoms with E-state index in [1.54, 1.807) is 0 Å². The Morgan fingerprint density at radius 1 is 1.50 bits per heavy atom. The summed E-state index contributed by atoms with van der Waals surface area (Å²) in [6.07, 6.45) is 0.658. The van der Waals surface area contributed by atoms with Crippen LogP contribution in [-0.2, 0) is 16.6 Å². The number of carboxylic acids is 1. The second-order valence-electron chi connectivity index (χ2n) is 4.46. The Hall–Kier alpha value is -0.940. The van der Waals surface area contributed by atoms with Crippen molar-refractivity contribution in [2.24, 2.45) is 0 Å². The SMILES string of the molecule is Cc1nc(C(C)(C)CCO)sc1CC(=O)O. The molecule has 0 saturated carbocycles. The highest BCUT2D eigenvalue weighted by Crippen LogP contribution is 2.32. The molecule has 2 N–H and O–H groups in total. The first-order valence-corrected chi connectivity index (χ1v) is 5.98. The van der Waals surface area contributed by atoms with Crippen LogP contribution >= 0.6 is 11.3 Å². The number of aliphatic hydroxyl groups is 1. The van der Waals surface area contributed by atoms with Crippen LogP contribution in [0.5, 0.6) is 0 Å². The van der Waals surface area contributed by atoms with E-state index in [1.165, 1.54) is 11.3 Å². The highest BCUT2D eigenvalue weighted by molar-refractivity contribution is 7.12. The van der Waals surface area contributed by atoms with Gasteiger partial charge in [-0.15, -0.1) is 11.3 Å². The van der Waals surface area contributed by atoms with Gasteiger partial charge in [0.15, 0.2) is 0 Å². The summed E-state index contributed by atoms with van der Waals surface area (Å²) in [6.45, 7) is 5.95. The van der Waals surface area contributed by atoms with Gasteiger partial charge in [0.1, 0.15) is 0 Å². The lowest BCUT2D eigenvalue weighted by molar-refractivity contribution is -0.136. The predicted molar refractivity (Wildman–Crippen MR) is 62.9 cm³/mol. The molecule has 0 aliphatic heterocycles. The first kappa shape index (κ1) is 13.1. The van der Waals surface area contributed by atoms with Crippen molar-refractivity contribution < 1.29 is 15.0 Å². The first-order chi connectivity index (χ1) is 7.36. The van der Waals surface area contributed by atoms with Crippen LogP contribution in [0.3, 0.4) is 0 Å². The second-order valence-corrected chi connectivity index (χ2v) is 5.54. The number of carboxylic acid groups (broad SMARTS) is 1. The van der Waals surface area contributed by atoms with Crippen molar-refractivity contribution in [2.45, 2.75) is 39.0 Å². The molecule has 90 valence electrons. The van der Waals surface area contributed by atoms with Crippen LogP contribution in [0.2, 0.25) is 0 Å². The molecule has 0 amide bonds. The zero-order valence-electron chi connectivity index (χ0n) is 9.78. The minimum absolute atomic E-state index is 0.0265. The summed E-state index contributed by atoms with van der Waals surface area (Å²) in [5.41, 5.74) is 0.592. The van der Waals surface area contributed by atoms with Crippen molar-refractivity contribution in [1.29, 1.82) is 0 Å². The van der Waals surface area contributed by atoms with Gasteiger partial charge in [-0.2, -0.15) is 0 Å². The van der Waals surface area contributed by atoms with Crippen LogP contribution in [0.25, 0.3) is 0 Å². The fourth-order valence-electron chi connectivity index (χ4n) is 1.41. The Bertz CT molecular complexity index is 385. The standard InChI is InChI=1S/C11H17NO3S/c1-7-8(6-9(14)15)16-10(12-7)11(2,3)4-5-13/h13H,4-6H2,1-3H3,(H,14,15). The largest absolute Gasteiger partial charge is 0.481 e. The third kappa shape index (κ3) is 3.02. The van der Waals surface area contributed by atoms with E-state index in [4.69, 9.17) is 10.2 Å². The summed E-state index contributed by atoms with van der Waals surface area (Å²) in [6, 6.07) is 0. The summed E-state index contributed by atoms with van der Waals surface area (Å²) in [4.78, 5) is 15.8. The highest BCUT2D eigenvalue weighted by atomic mass is 32.1. The van der Waals surface area contributed by atoms with Crippen molar-refractivity contribution in [3.8, 4) is 0 Å². The van der Waals surface area contributed by atoms with Crippen LogP contribution < -0.4 is 0 Å². The predicted octanol–water partition coefficient (Wildman–Crippen LogP) is 1.74. The van der Waals surface area contributed by atoms with Crippen molar-refractivity contribution in [3.63, 3.8) is 0 Å². The van der Waals surface area contributed by atoms with E-state index in [9.17, 15) is 4.79 Å². The molecule has 16 heavy (non-hydrogen) atoms. The number of thiazole rings is 1. The van der Waals surface area contributed by atoms with Gasteiger partial charge in [0.05, 0.1) is 17.1 Å². The van der Waals surface area contributed by atoms with Gasteiger partial charge in [-0.1, -0.05) is 13.8 Å². The molecule has 1 rings (SSSR count). The maximum absolute atomic E-state index is 10.6. The lowest BCUT2D eigenvalue weighted by Gasteiger charge is -2.20. The number of aromatic nitrogens is 1. The van der Waals surface area contributed by atoms with Gasteiger partial charge >= 0.3 is 5.97 Å². The molecule has 0 bridgehead atoms. The molecule has 0 fully saturated rings. The molecule has 0 aliphatic carbocycles. The Labute approximate surface area is 99.0 Å². The van der Waals surface area contributed by atoms with E-state index in [-0.39, 0.29) is 18.4 Å². The normalized spacial score (nSPS) is 11.8. The van der Waals surface area contributed by atoms with Gasteiger partial charge in [0.25, 0.3) is 0 Å². The maximum Gasteiger partial charge on any atom is 0.308 e. The van der Waals surface area contributed by atoms with E-state index < -0.39 is 5.97 Å². The zero-order chi connectivity index (χ0) is 12.3. The van der Waals surface area contributed by atoms with E-state index in [1.807, 2.05) is 20.8 Å². The van der Waals surface area contributed by atoms with Gasteiger partial charge in [-0.3, -0.25) is 4.79 Å². The Morgan fingerprint density at radius 3 is 2.62 bits per heavy atom. The average molecular weight is 243 g/mol.